The van der Waals surface area contributed by atoms with E-state index in [1.807, 2.05) is 0 Å². The zero-order valence-electron chi connectivity index (χ0n) is 10.8. The van der Waals surface area contributed by atoms with E-state index in [-0.39, 0.29) is 24.2 Å². The summed E-state index contributed by atoms with van der Waals surface area (Å²) in [5.74, 6) is -1.21. The maximum Gasteiger partial charge on any atom is 0.303 e. The van der Waals surface area contributed by atoms with Crippen LogP contribution in [-0.4, -0.2) is 42.8 Å². The number of nitrogens with two attached hydrogens (primary N) is 1. The molecule has 1 amide bonds. The smallest absolute Gasteiger partial charge is 0.303 e. The molecule has 1 saturated heterocycles. The van der Waals surface area contributed by atoms with Gasteiger partial charge in [0.1, 0.15) is 0 Å². The Morgan fingerprint density at radius 1 is 1.44 bits per heavy atom. The fraction of sp³-hybridized carbons (Fsp3) is 0.833. The molecule has 18 heavy (non-hydrogen) atoms. The maximum atomic E-state index is 11.7. The molecule has 0 spiro atoms. The number of hydrogen-bond donors (Lipinski definition) is 3. The molecule has 6 nitrogen and oxygen atoms in total. The topological polar surface area (TPSA) is 102 Å². The highest BCUT2D eigenvalue weighted by Gasteiger charge is 2.28. The molecule has 0 radical (unpaired) electrons. The van der Waals surface area contributed by atoms with Gasteiger partial charge in [-0.15, -0.1) is 0 Å². The van der Waals surface area contributed by atoms with E-state index < -0.39 is 12.0 Å². The predicted octanol–water partition coefficient (Wildman–Crippen LogP) is 0.111. The van der Waals surface area contributed by atoms with Gasteiger partial charge < -0.3 is 20.9 Å². The normalized spacial score (nSPS) is 20.1. The molecule has 4 N–H and O–H groups in total. The molecule has 1 aliphatic heterocycles. The van der Waals surface area contributed by atoms with Gasteiger partial charge >= 0.3 is 5.97 Å². The van der Waals surface area contributed by atoms with Crippen LogP contribution in [0.5, 0.6) is 0 Å². The molecular formula is C12H22N2O4. The summed E-state index contributed by atoms with van der Waals surface area (Å²) in [6.45, 7) is 4.11. The van der Waals surface area contributed by atoms with Gasteiger partial charge in [0.2, 0.25) is 5.91 Å². The molecule has 1 heterocycles. The summed E-state index contributed by atoms with van der Waals surface area (Å²) in [5, 5.41) is 11.3. The number of carboxylic acid groups (broad SMARTS) is 1. The summed E-state index contributed by atoms with van der Waals surface area (Å²) >= 11 is 0. The maximum absolute atomic E-state index is 11.7. The summed E-state index contributed by atoms with van der Waals surface area (Å²) in [6.07, 6.45) is 1.91. The van der Waals surface area contributed by atoms with Crippen LogP contribution < -0.4 is 11.1 Å². The number of amides is 1. The highest BCUT2D eigenvalue weighted by Crippen LogP contribution is 2.28. The predicted molar refractivity (Wildman–Crippen MR) is 66.0 cm³/mol. The van der Waals surface area contributed by atoms with Gasteiger partial charge in [0.05, 0.1) is 6.04 Å². The van der Waals surface area contributed by atoms with E-state index in [1.165, 1.54) is 0 Å². The molecule has 1 unspecified atom stereocenters. The Hall–Kier alpha value is -1.14. The van der Waals surface area contributed by atoms with Crippen LogP contribution in [0.1, 0.15) is 32.6 Å². The fourth-order valence-corrected chi connectivity index (χ4v) is 1.88. The van der Waals surface area contributed by atoms with Gasteiger partial charge in [0.25, 0.3) is 0 Å². The minimum Gasteiger partial charge on any atom is -0.481 e. The summed E-state index contributed by atoms with van der Waals surface area (Å²) in [5.41, 5.74) is 5.68. The van der Waals surface area contributed by atoms with Crippen molar-refractivity contribution in [2.45, 2.75) is 38.6 Å². The third-order valence-electron chi connectivity index (χ3n) is 3.40. The minimum absolute atomic E-state index is 0.0560. The van der Waals surface area contributed by atoms with Crippen molar-refractivity contribution in [3.63, 3.8) is 0 Å². The molecule has 0 bridgehead atoms. The molecule has 6 heteroatoms. The van der Waals surface area contributed by atoms with Crippen molar-refractivity contribution in [2.24, 2.45) is 11.1 Å². The van der Waals surface area contributed by atoms with Crippen molar-refractivity contribution in [2.75, 3.05) is 19.8 Å². The molecular weight excluding hydrogens is 236 g/mol. The largest absolute Gasteiger partial charge is 0.481 e. The third-order valence-corrected chi connectivity index (χ3v) is 3.40. The third kappa shape index (κ3) is 5.01. The molecule has 104 valence electrons. The summed E-state index contributed by atoms with van der Waals surface area (Å²) in [7, 11) is 0. The molecule has 1 rings (SSSR count). The molecule has 0 aromatic heterocycles. The van der Waals surface area contributed by atoms with E-state index >= 15 is 0 Å². The summed E-state index contributed by atoms with van der Waals surface area (Å²) in [4.78, 5) is 22.1. The highest BCUT2D eigenvalue weighted by atomic mass is 16.5. The molecule has 1 atom stereocenters. The van der Waals surface area contributed by atoms with Gasteiger partial charge in [-0.3, -0.25) is 9.59 Å². The van der Waals surface area contributed by atoms with Gasteiger partial charge in [0, 0.05) is 26.2 Å². The fourth-order valence-electron chi connectivity index (χ4n) is 1.88. The molecule has 1 fully saturated rings. The van der Waals surface area contributed by atoms with Gasteiger partial charge in [-0.25, -0.2) is 0 Å². The van der Waals surface area contributed by atoms with Crippen LogP contribution in [0.4, 0.5) is 0 Å². The SMILES string of the molecule is CC1(CNC(=O)C(N)CCC(=O)O)CCOCC1. The lowest BCUT2D eigenvalue weighted by Crippen LogP contribution is -2.46. The Balaban J connectivity index is 2.28. The van der Waals surface area contributed by atoms with Crippen LogP contribution in [0.25, 0.3) is 0 Å². The van der Waals surface area contributed by atoms with Crippen LogP contribution in [-0.2, 0) is 14.3 Å². The number of carboxylic acids is 1. The van der Waals surface area contributed by atoms with E-state index in [0.717, 1.165) is 26.1 Å². The monoisotopic (exact) mass is 258 g/mol. The van der Waals surface area contributed by atoms with Crippen LogP contribution in [0.15, 0.2) is 0 Å². The molecule has 0 aliphatic carbocycles. The van der Waals surface area contributed by atoms with E-state index in [1.54, 1.807) is 0 Å². The first kappa shape index (κ1) is 14.9. The van der Waals surface area contributed by atoms with Crippen molar-refractivity contribution in [3.05, 3.63) is 0 Å². The van der Waals surface area contributed by atoms with Crippen LogP contribution in [0.3, 0.4) is 0 Å². The number of ether oxygens (including phenoxy) is 1. The van der Waals surface area contributed by atoms with Crippen LogP contribution >= 0.6 is 0 Å². The lowest BCUT2D eigenvalue weighted by atomic mass is 9.82. The van der Waals surface area contributed by atoms with Crippen LogP contribution in [0, 0.1) is 5.41 Å². The second-order valence-corrected chi connectivity index (χ2v) is 5.18. The van der Waals surface area contributed by atoms with Crippen molar-refractivity contribution in [3.8, 4) is 0 Å². The Morgan fingerprint density at radius 2 is 2.06 bits per heavy atom. The van der Waals surface area contributed by atoms with E-state index in [0.29, 0.717) is 6.54 Å². The Morgan fingerprint density at radius 3 is 2.61 bits per heavy atom. The minimum atomic E-state index is -0.936. The first-order valence-electron chi connectivity index (χ1n) is 6.26. The Bertz CT molecular complexity index is 300. The molecule has 0 aromatic carbocycles. The zero-order chi connectivity index (χ0) is 13.6. The number of rotatable bonds is 6. The average Bonchev–Trinajstić information content (AvgIpc) is 2.34. The second kappa shape index (κ2) is 6.70. The molecule has 0 aromatic rings. The summed E-state index contributed by atoms with van der Waals surface area (Å²) < 4.78 is 5.28. The zero-order valence-corrected chi connectivity index (χ0v) is 10.8. The van der Waals surface area contributed by atoms with Crippen molar-refractivity contribution >= 4 is 11.9 Å². The van der Waals surface area contributed by atoms with Gasteiger partial charge in [-0.05, 0) is 24.7 Å². The summed E-state index contributed by atoms with van der Waals surface area (Å²) in [6, 6.07) is -0.746. The van der Waals surface area contributed by atoms with Crippen molar-refractivity contribution < 1.29 is 19.4 Å². The van der Waals surface area contributed by atoms with E-state index in [9.17, 15) is 9.59 Å². The van der Waals surface area contributed by atoms with Gasteiger partial charge in [-0.1, -0.05) is 6.92 Å². The lowest BCUT2D eigenvalue weighted by Gasteiger charge is -2.33. The number of aliphatic carboxylic acids is 1. The quantitative estimate of drug-likeness (QED) is 0.627. The standard InChI is InChI=1S/C12H22N2O4/c1-12(4-6-18-7-5-12)8-14-11(17)9(13)2-3-10(15)16/h9H,2-8,13H2,1H3,(H,14,17)(H,15,16). The number of hydrogen-bond acceptors (Lipinski definition) is 4. The van der Waals surface area contributed by atoms with E-state index in [2.05, 4.69) is 12.2 Å². The number of nitrogens with one attached hydrogen (secondary N) is 1. The molecule has 1 aliphatic rings. The number of carbonyl (C=O) groups is 2. The lowest BCUT2D eigenvalue weighted by molar-refractivity contribution is -0.137. The first-order valence-corrected chi connectivity index (χ1v) is 6.26. The average molecular weight is 258 g/mol. The van der Waals surface area contributed by atoms with Crippen molar-refractivity contribution in [1.82, 2.24) is 5.32 Å². The first-order chi connectivity index (χ1) is 8.43. The highest BCUT2D eigenvalue weighted by molar-refractivity contribution is 5.82. The van der Waals surface area contributed by atoms with Gasteiger partial charge in [0.15, 0.2) is 0 Å². The Kier molecular flexibility index (Phi) is 5.55. The van der Waals surface area contributed by atoms with Crippen LogP contribution in [0.2, 0.25) is 0 Å². The Labute approximate surface area is 107 Å². The molecule has 0 saturated carbocycles. The van der Waals surface area contributed by atoms with E-state index in [4.69, 9.17) is 15.6 Å². The van der Waals surface area contributed by atoms with Crippen molar-refractivity contribution in [1.29, 1.82) is 0 Å². The number of carbonyl (C=O) groups excluding carboxylic acids is 1. The second-order valence-electron chi connectivity index (χ2n) is 5.18. The van der Waals surface area contributed by atoms with Gasteiger partial charge in [-0.2, -0.15) is 0 Å².